The molecular formula is C17H21N5O5. The number of hydrogen-bond donors (Lipinski definition) is 1. The van der Waals surface area contributed by atoms with Gasteiger partial charge in [-0.05, 0) is 20.8 Å². The van der Waals surface area contributed by atoms with E-state index >= 15 is 0 Å². The highest BCUT2D eigenvalue weighted by Crippen LogP contribution is 2.20. The fraction of sp³-hybridized carbons (Fsp3) is 0.471. The summed E-state index contributed by atoms with van der Waals surface area (Å²) in [4.78, 5) is 35.2. The minimum Gasteiger partial charge on any atom is -0.475 e. The fourth-order valence-corrected chi connectivity index (χ4v) is 2.54. The van der Waals surface area contributed by atoms with Gasteiger partial charge in [0.1, 0.15) is 11.3 Å². The number of anilines is 1. The Kier molecular flexibility index (Phi) is 4.98. The number of aromatic carboxylic acids is 1. The van der Waals surface area contributed by atoms with E-state index in [9.17, 15) is 9.59 Å². The number of piperazine rings is 1. The number of hydrogen-bond acceptors (Lipinski definition) is 8. The molecule has 1 aliphatic rings. The Bertz CT molecular complexity index is 819. The number of ether oxygens (including phenoxy) is 1. The minimum absolute atomic E-state index is 0.243. The van der Waals surface area contributed by atoms with Crippen LogP contribution in [0.15, 0.2) is 23.0 Å². The summed E-state index contributed by atoms with van der Waals surface area (Å²) in [6.45, 7) is 7.73. The predicted octanol–water partition coefficient (Wildman–Crippen LogP) is 1.89. The van der Waals surface area contributed by atoms with Crippen molar-refractivity contribution in [1.29, 1.82) is 0 Å². The van der Waals surface area contributed by atoms with Gasteiger partial charge in [0.2, 0.25) is 11.7 Å². The number of amides is 1. The molecule has 27 heavy (non-hydrogen) atoms. The van der Waals surface area contributed by atoms with Crippen LogP contribution in [-0.2, 0) is 4.74 Å². The average molecular weight is 375 g/mol. The van der Waals surface area contributed by atoms with Crippen molar-refractivity contribution in [2.45, 2.75) is 26.4 Å². The van der Waals surface area contributed by atoms with Crippen LogP contribution in [0.3, 0.4) is 0 Å². The van der Waals surface area contributed by atoms with Crippen LogP contribution < -0.4 is 4.90 Å². The zero-order chi connectivity index (χ0) is 19.6. The molecule has 2 aromatic heterocycles. The van der Waals surface area contributed by atoms with Crippen molar-refractivity contribution >= 4 is 18.0 Å². The smallest absolute Gasteiger partial charge is 0.410 e. The van der Waals surface area contributed by atoms with E-state index in [4.69, 9.17) is 14.4 Å². The van der Waals surface area contributed by atoms with E-state index in [-0.39, 0.29) is 11.9 Å². The number of carbonyl (C=O) groups excluding carboxylic acids is 1. The van der Waals surface area contributed by atoms with Gasteiger partial charge in [-0.3, -0.25) is 0 Å². The maximum atomic E-state index is 12.1. The zero-order valence-corrected chi connectivity index (χ0v) is 15.4. The normalized spacial score (nSPS) is 14.9. The third-order valence-electron chi connectivity index (χ3n) is 3.87. The van der Waals surface area contributed by atoms with Crippen molar-refractivity contribution in [2.75, 3.05) is 31.1 Å². The van der Waals surface area contributed by atoms with Crippen molar-refractivity contribution < 1.29 is 24.0 Å². The fourth-order valence-electron chi connectivity index (χ4n) is 2.54. The van der Waals surface area contributed by atoms with Crippen LogP contribution in [0.2, 0.25) is 0 Å². The minimum atomic E-state index is -1.19. The lowest BCUT2D eigenvalue weighted by molar-refractivity contribution is 0.0240. The van der Waals surface area contributed by atoms with Gasteiger partial charge in [-0.15, -0.1) is 0 Å². The summed E-state index contributed by atoms with van der Waals surface area (Å²) in [7, 11) is 0. The summed E-state index contributed by atoms with van der Waals surface area (Å²) in [6.07, 6.45) is 2.80. The summed E-state index contributed by atoms with van der Waals surface area (Å²) in [5.41, 5.74) is 0.394. The van der Waals surface area contributed by atoms with Crippen LogP contribution in [0, 0.1) is 0 Å². The van der Waals surface area contributed by atoms with Gasteiger partial charge in [-0.25, -0.2) is 19.6 Å². The summed E-state index contributed by atoms with van der Waals surface area (Å²) >= 11 is 0. The molecule has 3 rings (SSSR count). The van der Waals surface area contributed by atoms with Gasteiger partial charge < -0.3 is 24.2 Å². The van der Waals surface area contributed by atoms with Crippen molar-refractivity contribution in [2.24, 2.45) is 0 Å². The third kappa shape index (κ3) is 4.52. The molecule has 1 fully saturated rings. The quantitative estimate of drug-likeness (QED) is 0.856. The third-order valence-corrected chi connectivity index (χ3v) is 3.87. The lowest BCUT2D eigenvalue weighted by atomic mass is 10.2. The first-order valence-electron chi connectivity index (χ1n) is 8.48. The molecule has 1 aliphatic heterocycles. The summed E-state index contributed by atoms with van der Waals surface area (Å²) < 4.78 is 10.1. The second-order valence-corrected chi connectivity index (χ2v) is 7.11. The summed E-state index contributed by atoms with van der Waals surface area (Å²) in [6, 6.07) is 1.32. The SMILES string of the molecule is CC(C)(C)OC(=O)N1CCN(c2ncc(-c3cc(C(=O)O)on3)cn2)CC1. The van der Waals surface area contributed by atoms with E-state index in [0.717, 1.165) is 0 Å². The number of nitrogens with zero attached hydrogens (tertiary/aromatic N) is 5. The molecule has 10 nitrogen and oxygen atoms in total. The van der Waals surface area contributed by atoms with Gasteiger partial charge in [0, 0.05) is 50.2 Å². The van der Waals surface area contributed by atoms with Crippen LogP contribution >= 0.6 is 0 Å². The molecule has 1 N–H and O–H groups in total. The molecule has 1 amide bonds. The monoisotopic (exact) mass is 375 g/mol. The first-order valence-corrected chi connectivity index (χ1v) is 8.48. The molecule has 0 atom stereocenters. The highest BCUT2D eigenvalue weighted by atomic mass is 16.6. The maximum Gasteiger partial charge on any atom is 0.410 e. The molecule has 2 aromatic rings. The summed E-state index contributed by atoms with van der Waals surface area (Å²) in [5, 5.41) is 12.6. The Labute approximate surface area is 155 Å². The van der Waals surface area contributed by atoms with E-state index < -0.39 is 11.6 Å². The van der Waals surface area contributed by atoms with E-state index in [0.29, 0.717) is 43.4 Å². The number of aromatic nitrogens is 3. The number of rotatable bonds is 3. The average Bonchev–Trinajstić information content (AvgIpc) is 3.11. The van der Waals surface area contributed by atoms with Crippen molar-refractivity contribution in [3.05, 3.63) is 24.2 Å². The molecule has 0 aliphatic carbocycles. The lowest BCUT2D eigenvalue weighted by Crippen LogP contribution is -2.50. The van der Waals surface area contributed by atoms with Gasteiger partial charge >= 0.3 is 12.1 Å². The van der Waals surface area contributed by atoms with Gasteiger partial charge in [0.05, 0.1) is 0 Å². The molecule has 144 valence electrons. The first kappa shape index (κ1) is 18.6. The van der Waals surface area contributed by atoms with Gasteiger partial charge in [-0.2, -0.15) is 0 Å². The zero-order valence-electron chi connectivity index (χ0n) is 15.4. The first-order chi connectivity index (χ1) is 12.7. The second kappa shape index (κ2) is 7.22. The highest BCUT2D eigenvalue weighted by molar-refractivity contribution is 5.85. The van der Waals surface area contributed by atoms with Gasteiger partial charge in [0.15, 0.2) is 0 Å². The molecule has 10 heteroatoms. The Morgan fingerprint density at radius 2 is 1.78 bits per heavy atom. The Hall–Kier alpha value is -3.17. The van der Waals surface area contributed by atoms with E-state index in [1.54, 1.807) is 17.3 Å². The van der Waals surface area contributed by atoms with Crippen molar-refractivity contribution in [3.63, 3.8) is 0 Å². The van der Waals surface area contributed by atoms with E-state index in [1.807, 2.05) is 25.7 Å². The van der Waals surface area contributed by atoms with Crippen LogP contribution in [0.5, 0.6) is 0 Å². The second-order valence-electron chi connectivity index (χ2n) is 7.11. The van der Waals surface area contributed by atoms with Gasteiger partial charge in [0.25, 0.3) is 0 Å². The molecule has 0 unspecified atom stereocenters. The molecular weight excluding hydrogens is 354 g/mol. The van der Waals surface area contributed by atoms with Crippen LogP contribution in [0.25, 0.3) is 11.3 Å². The number of carboxylic acids is 1. The molecule has 0 aromatic carbocycles. The number of carboxylic acid groups (broad SMARTS) is 1. The van der Waals surface area contributed by atoms with Crippen LogP contribution in [0.1, 0.15) is 31.3 Å². The molecule has 3 heterocycles. The molecule has 1 saturated heterocycles. The topological polar surface area (TPSA) is 122 Å². The standard InChI is InChI=1S/C17H21N5O5/c1-17(2,3)26-16(25)22-6-4-21(5-7-22)15-18-9-11(10-19-15)12-8-13(14(23)24)27-20-12/h8-10H,4-7H2,1-3H3,(H,23,24). The maximum absolute atomic E-state index is 12.1. The summed E-state index contributed by atoms with van der Waals surface area (Å²) in [5.74, 6) is -0.897. The molecule has 0 radical (unpaired) electrons. The number of carbonyl (C=O) groups is 2. The Morgan fingerprint density at radius 3 is 2.30 bits per heavy atom. The molecule has 0 bridgehead atoms. The predicted molar refractivity (Wildman–Crippen MR) is 94.5 cm³/mol. The Balaban J connectivity index is 1.60. The largest absolute Gasteiger partial charge is 0.475 e. The van der Waals surface area contributed by atoms with Crippen molar-refractivity contribution in [1.82, 2.24) is 20.0 Å². The van der Waals surface area contributed by atoms with Crippen LogP contribution in [-0.4, -0.2) is 69.0 Å². The van der Waals surface area contributed by atoms with Gasteiger partial charge in [-0.1, -0.05) is 5.16 Å². The van der Waals surface area contributed by atoms with Crippen molar-refractivity contribution in [3.8, 4) is 11.3 Å². The van der Waals surface area contributed by atoms with E-state index in [1.165, 1.54) is 6.07 Å². The van der Waals surface area contributed by atoms with Crippen LogP contribution in [0.4, 0.5) is 10.7 Å². The molecule has 0 saturated carbocycles. The van der Waals surface area contributed by atoms with E-state index in [2.05, 4.69) is 15.1 Å². The highest BCUT2D eigenvalue weighted by Gasteiger charge is 2.26. The lowest BCUT2D eigenvalue weighted by Gasteiger charge is -2.35. The molecule has 0 spiro atoms. The Morgan fingerprint density at radius 1 is 1.15 bits per heavy atom.